The second-order valence-corrected chi connectivity index (χ2v) is 7.07. The molecule has 2 aliphatic rings. The predicted molar refractivity (Wildman–Crippen MR) is 98.6 cm³/mol. The van der Waals surface area contributed by atoms with E-state index in [4.69, 9.17) is 21.7 Å². The van der Waals surface area contributed by atoms with Gasteiger partial charge >= 0.3 is 0 Å². The van der Waals surface area contributed by atoms with E-state index < -0.39 is 0 Å². The van der Waals surface area contributed by atoms with Gasteiger partial charge in [-0.25, -0.2) is 0 Å². The third kappa shape index (κ3) is 4.13. The maximum atomic E-state index is 11.7. The summed E-state index contributed by atoms with van der Waals surface area (Å²) in [5.74, 6) is 1.13. The smallest absolute Gasteiger partial charge is 0.259 e. The molecule has 6 nitrogen and oxygen atoms in total. The molecule has 2 fully saturated rings. The van der Waals surface area contributed by atoms with E-state index in [1.165, 1.54) is 16.8 Å². The third-order valence-corrected chi connectivity index (χ3v) is 5.19. The maximum Gasteiger partial charge on any atom is 0.259 e. The van der Waals surface area contributed by atoms with Crippen LogP contribution in [0.1, 0.15) is 11.1 Å². The second kappa shape index (κ2) is 8.06. The number of methoxy groups -OCH3 is 1. The number of hydrogen-bond donors (Lipinski definition) is 0. The number of carbonyl (C=O) groups is 1. The number of benzene rings is 1. The Kier molecular flexibility index (Phi) is 5.83. The lowest BCUT2D eigenvalue weighted by Gasteiger charge is -2.27. The molecule has 2 saturated heterocycles. The van der Waals surface area contributed by atoms with Gasteiger partial charge in [-0.05, 0) is 23.8 Å². The molecule has 1 aromatic rings. The van der Waals surface area contributed by atoms with Gasteiger partial charge in [0.15, 0.2) is 4.32 Å². The largest absolute Gasteiger partial charge is 0.496 e. The van der Waals surface area contributed by atoms with Crippen molar-refractivity contribution in [1.82, 2.24) is 9.91 Å². The summed E-state index contributed by atoms with van der Waals surface area (Å²) in [6, 6.07) is 5.88. The highest BCUT2D eigenvalue weighted by atomic mass is 32.2. The summed E-state index contributed by atoms with van der Waals surface area (Å²) in [6.45, 7) is 4.14. The maximum absolute atomic E-state index is 11.7. The van der Waals surface area contributed by atoms with Crippen LogP contribution in [0.4, 0.5) is 0 Å². The first-order valence-electron chi connectivity index (χ1n) is 7.68. The summed E-state index contributed by atoms with van der Waals surface area (Å²) in [5, 5.41) is 5.50. The van der Waals surface area contributed by atoms with E-state index in [-0.39, 0.29) is 5.91 Å². The molecule has 0 unspecified atom stereocenters. The van der Waals surface area contributed by atoms with Gasteiger partial charge in [-0.2, -0.15) is 10.1 Å². The van der Waals surface area contributed by atoms with Crippen molar-refractivity contribution in [1.29, 1.82) is 0 Å². The second-order valence-electron chi connectivity index (χ2n) is 5.46. The molecule has 0 atom stereocenters. The number of hydrogen-bond acceptors (Lipinski definition) is 7. The van der Waals surface area contributed by atoms with Crippen LogP contribution in [0.5, 0.6) is 5.75 Å². The molecule has 0 aromatic heterocycles. The molecule has 0 aliphatic carbocycles. The third-order valence-electron chi connectivity index (χ3n) is 3.85. The summed E-state index contributed by atoms with van der Waals surface area (Å²) in [4.78, 5) is 14.0. The highest BCUT2D eigenvalue weighted by Gasteiger charge is 2.26. The van der Waals surface area contributed by atoms with Gasteiger partial charge in [-0.15, -0.1) is 0 Å². The first-order chi connectivity index (χ1) is 11.7. The Bertz CT molecular complexity index is 644. The monoisotopic (exact) mass is 365 g/mol. The summed E-state index contributed by atoms with van der Waals surface area (Å²) in [7, 11) is 1.67. The fraction of sp³-hybridized carbons (Fsp3) is 0.438. The van der Waals surface area contributed by atoms with E-state index in [9.17, 15) is 4.79 Å². The molecule has 128 valence electrons. The molecule has 24 heavy (non-hydrogen) atoms. The number of thioether (sulfide) groups is 1. The minimum absolute atomic E-state index is 0.0803. The zero-order valence-electron chi connectivity index (χ0n) is 13.4. The number of thiocarbonyl (C=S) groups is 1. The lowest BCUT2D eigenvalue weighted by atomic mass is 10.1. The molecule has 8 heteroatoms. The minimum atomic E-state index is -0.0803. The standard InChI is InChI=1S/C16H19N3O3S2/c1-21-14-3-2-12(9-17-19-15(20)11-24-16(19)23)8-13(14)10-18-4-6-22-7-5-18/h2-3,8-9H,4-7,10-11H2,1H3/b17-9+. The van der Waals surface area contributed by atoms with E-state index in [1.54, 1.807) is 13.3 Å². The van der Waals surface area contributed by atoms with Crippen LogP contribution in [0.3, 0.4) is 0 Å². The summed E-state index contributed by atoms with van der Waals surface area (Å²) in [6.07, 6.45) is 1.67. The highest BCUT2D eigenvalue weighted by Crippen LogP contribution is 2.23. The van der Waals surface area contributed by atoms with E-state index >= 15 is 0 Å². The summed E-state index contributed by atoms with van der Waals surface area (Å²) >= 11 is 6.46. The number of morpholine rings is 1. The van der Waals surface area contributed by atoms with Gasteiger partial charge in [0.1, 0.15) is 5.75 Å². The van der Waals surface area contributed by atoms with Crippen LogP contribution >= 0.6 is 24.0 Å². The molecule has 2 heterocycles. The van der Waals surface area contributed by atoms with E-state index in [1.807, 2.05) is 18.2 Å². The fourth-order valence-corrected chi connectivity index (χ4v) is 3.55. The lowest BCUT2D eigenvalue weighted by molar-refractivity contribution is -0.123. The van der Waals surface area contributed by atoms with Crippen molar-refractivity contribution in [3.8, 4) is 5.75 Å². The van der Waals surface area contributed by atoms with Gasteiger partial charge in [0, 0.05) is 25.2 Å². The van der Waals surface area contributed by atoms with Crippen LogP contribution in [0.15, 0.2) is 23.3 Å². The Labute approximate surface area is 150 Å². The average molecular weight is 365 g/mol. The SMILES string of the molecule is COc1ccc(/C=N/N2C(=O)CSC2=S)cc1CN1CCOCC1. The summed E-state index contributed by atoms with van der Waals surface area (Å²) in [5.41, 5.74) is 2.00. The molecule has 2 aliphatic heterocycles. The summed E-state index contributed by atoms with van der Waals surface area (Å²) < 4.78 is 11.3. The topological polar surface area (TPSA) is 54.4 Å². The van der Waals surface area contributed by atoms with Crippen molar-refractivity contribution in [3.63, 3.8) is 0 Å². The quantitative estimate of drug-likeness (QED) is 0.585. The molecule has 0 bridgehead atoms. The minimum Gasteiger partial charge on any atom is -0.496 e. The Balaban J connectivity index is 1.75. The number of rotatable bonds is 5. The van der Waals surface area contributed by atoms with Gasteiger partial charge in [-0.1, -0.05) is 24.0 Å². The predicted octanol–water partition coefficient (Wildman–Crippen LogP) is 1.72. The first-order valence-corrected chi connectivity index (χ1v) is 9.07. The van der Waals surface area contributed by atoms with Gasteiger partial charge < -0.3 is 9.47 Å². The van der Waals surface area contributed by atoms with Crippen molar-refractivity contribution < 1.29 is 14.3 Å². The molecule has 3 rings (SSSR count). The molecule has 0 radical (unpaired) electrons. The lowest BCUT2D eigenvalue weighted by Crippen LogP contribution is -2.35. The molecule has 0 saturated carbocycles. The van der Waals surface area contributed by atoms with E-state index in [2.05, 4.69) is 10.0 Å². The first kappa shape index (κ1) is 17.3. The number of ether oxygens (including phenoxy) is 2. The van der Waals surface area contributed by atoms with Crippen molar-refractivity contribution in [2.24, 2.45) is 5.10 Å². The average Bonchev–Trinajstić information content (AvgIpc) is 2.92. The molecular weight excluding hydrogens is 346 g/mol. The van der Waals surface area contributed by atoms with Crippen molar-refractivity contribution in [2.45, 2.75) is 6.54 Å². The van der Waals surface area contributed by atoms with Crippen LogP contribution in [0.2, 0.25) is 0 Å². The number of carbonyl (C=O) groups excluding carboxylic acids is 1. The van der Waals surface area contributed by atoms with E-state index in [0.717, 1.165) is 49.7 Å². The fourth-order valence-electron chi connectivity index (χ4n) is 2.59. The zero-order valence-corrected chi connectivity index (χ0v) is 15.1. The van der Waals surface area contributed by atoms with Crippen molar-refractivity contribution in [3.05, 3.63) is 29.3 Å². The molecule has 1 aromatic carbocycles. The molecule has 0 spiro atoms. The van der Waals surface area contributed by atoms with Crippen LogP contribution < -0.4 is 4.74 Å². The van der Waals surface area contributed by atoms with Crippen molar-refractivity contribution in [2.75, 3.05) is 39.2 Å². The molecule has 0 N–H and O–H groups in total. The zero-order chi connectivity index (χ0) is 16.9. The van der Waals surface area contributed by atoms with Gasteiger partial charge in [0.2, 0.25) is 0 Å². The highest BCUT2D eigenvalue weighted by molar-refractivity contribution is 8.23. The Morgan fingerprint density at radius 1 is 1.42 bits per heavy atom. The van der Waals surface area contributed by atoms with Crippen LogP contribution in [-0.2, 0) is 16.1 Å². The number of amides is 1. The van der Waals surface area contributed by atoms with Crippen LogP contribution in [0.25, 0.3) is 0 Å². The molecule has 1 amide bonds. The Morgan fingerprint density at radius 3 is 2.88 bits per heavy atom. The van der Waals surface area contributed by atoms with Crippen molar-refractivity contribution >= 4 is 40.4 Å². The Hall–Kier alpha value is -1.48. The Morgan fingerprint density at radius 2 is 2.21 bits per heavy atom. The van der Waals surface area contributed by atoms with Crippen LogP contribution in [-0.4, -0.2) is 65.5 Å². The van der Waals surface area contributed by atoms with Gasteiger partial charge in [0.25, 0.3) is 5.91 Å². The molecular formula is C16H19N3O3S2. The van der Waals surface area contributed by atoms with E-state index in [0.29, 0.717) is 10.1 Å². The van der Waals surface area contributed by atoms with Gasteiger partial charge in [-0.3, -0.25) is 9.69 Å². The van der Waals surface area contributed by atoms with Gasteiger partial charge in [0.05, 0.1) is 32.3 Å². The van der Waals surface area contributed by atoms with Crippen LogP contribution in [0, 0.1) is 0 Å². The number of hydrazone groups is 1. The number of nitrogens with zero attached hydrogens (tertiary/aromatic N) is 3. The normalized spacial score (nSPS) is 19.5.